The van der Waals surface area contributed by atoms with E-state index in [0.717, 1.165) is 16.8 Å². The van der Waals surface area contributed by atoms with Crippen LogP contribution < -0.4 is 10.6 Å². The van der Waals surface area contributed by atoms with Gasteiger partial charge in [-0.15, -0.1) is 0 Å². The molecule has 0 spiro atoms. The summed E-state index contributed by atoms with van der Waals surface area (Å²) >= 11 is 0. The van der Waals surface area contributed by atoms with Crippen LogP contribution in [0.25, 0.3) is 0 Å². The van der Waals surface area contributed by atoms with E-state index in [2.05, 4.69) is 26.2 Å². The molecule has 0 saturated heterocycles. The molecule has 2 aromatic heterocycles. The van der Waals surface area contributed by atoms with Gasteiger partial charge in [0.2, 0.25) is 5.95 Å². The summed E-state index contributed by atoms with van der Waals surface area (Å²) in [7, 11) is 0. The number of ketones is 1. The van der Waals surface area contributed by atoms with E-state index in [1.165, 1.54) is 6.33 Å². The molecule has 8 heteroatoms. The van der Waals surface area contributed by atoms with Crippen LogP contribution in [-0.2, 0) is 4.79 Å². The number of carbonyl (C=O) groups is 1. The number of nitrogens with zero attached hydrogens (tertiary/aromatic N) is 5. The number of H-pyrrole nitrogens is 1. The molecule has 1 aromatic carbocycles. The first kappa shape index (κ1) is 18.8. The largest absolute Gasteiger partial charge is 0.384 e. The Morgan fingerprint density at radius 3 is 2.55 bits per heavy atom. The maximum atomic E-state index is 13.6. The van der Waals surface area contributed by atoms with E-state index >= 15 is 0 Å². The quantitative estimate of drug-likeness (QED) is 0.681. The maximum absolute atomic E-state index is 13.6. The number of carbonyl (C=O) groups excluding carboxylic acids is 1. The number of hydrogen-bond donors (Lipinski definition) is 2. The van der Waals surface area contributed by atoms with Crippen molar-refractivity contribution in [1.29, 1.82) is 5.26 Å². The van der Waals surface area contributed by atoms with Gasteiger partial charge in [-0.1, -0.05) is 30.3 Å². The number of nitrogens with one attached hydrogen (secondary N) is 1. The molecule has 1 aliphatic carbocycles. The van der Waals surface area contributed by atoms with Crippen molar-refractivity contribution in [3.05, 3.63) is 95.0 Å². The number of nitriles is 1. The first-order chi connectivity index (χ1) is 15.2. The number of anilines is 1. The summed E-state index contributed by atoms with van der Waals surface area (Å²) in [4.78, 5) is 23.6. The Bertz CT molecular complexity index is 1220. The molecule has 2 unspecified atom stereocenters. The highest BCUT2D eigenvalue weighted by atomic mass is 16.1. The second kappa shape index (κ2) is 7.54. The number of aromatic nitrogens is 4. The molecule has 5 rings (SSSR count). The topological polar surface area (TPSA) is 125 Å². The number of pyridine rings is 1. The minimum atomic E-state index is -0.536. The summed E-state index contributed by atoms with van der Waals surface area (Å²) in [5.74, 6) is 0.106. The van der Waals surface area contributed by atoms with Gasteiger partial charge in [0.05, 0.1) is 17.6 Å². The van der Waals surface area contributed by atoms with Crippen LogP contribution in [0, 0.1) is 11.3 Å². The molecule has 31 heavy (non-hydrogen) atoms. The van der Waals surface area contributed by atoms with E-state index in [4.69, 9.17) is 5.73 Å². The highest BCUT2D eigenvalue weighted by molar-refractivity contribution is 6.01. The Balaban J connectivity index is 1.71. The summed E-state index contributed by atoms with van der Waals surface area (Å²) in [6, 6.07) is 15.8. The van der Waals surface area contributed by atoms with Gasteiger partial charge in [-0.05, 0) is 35.6 Å². The number of nitrogens with two attached hydrogens (primary N) is 1. The van der Waals surface area contributed by atoms with Crippen LogP contribution >= 0.6 is 0 Å². The van der Waals surface area contributed by atoms with Gasteiger partial charge in [-0.3, -0.25) is 14.7 Å². The van der Waals surface area contributed by atoms with Crippen molar-refractivity contribution in [2.45, 2.75) is 24.7 Å². The van der Waals surface area contributed by atoms with Crippen molar-refractivity contribution >= 4 is 11.7 Å². The highest BCUT2D eigenvalue weighted by Crippen LogP contribution is 2.48. The average Bonchev–Trinajstić information content (AvgIpc) is 3.33. The molecule has 8 nitrogen and oxygen atoms in total. The maximum Gasteiger partial charge on any atom is 0.231 e. The fraction of sp³-hybridized carbons (Fsp3) is 0.174. The van der Waals surface area contributed by atoms with Gasteiger partial charge >= 0.3 is 0 Å². The Kier molecular flexibility index (Phi) is 4.56. The lowest BCUT2D eigenvalue weighted by Gasteiger charge is -2.40. The van der Waals surface area contributed by atoms with Gasteiger partial charge in [0.25, 0.3) is 0 Å². The third-order valence-corrected chi connectivity index (χ3v) is 5.89. The number of allylic oxidation sites excluding steroid dienone is 3. The third kappa shape index (κ3) is 3.07. The van der Waals surface area contributed by atoms with Gasteiger partial charge in [0, 0.05) is 30.1 Å². The van der Waals surface area contributed by atoms with Crippen molar-refractivity contribution in [3.8, 4) is 6.07 Å². The number of aromatic amines is 1. The fourth-order valence-electron chi connectivity index (χ4n) is 4.53. The van der Waals surface area contributed by atoms with E-state index in [9.17, 15) is 10.1 Å². The molecule has 1 aliphatic heterocycles. The van der Waals surface area contributed by atoms with Crippen LogP contribution in [-0.4, -0.2) is 25.9 Å². The molecular formula is C23H19N7O. The second-order valence-corrected chi connectivity index (χ2v) is 7.57. The molecule has 0 amide bonds. The van der Waals surface area contributed by atoms with Crippen LogP contribution in [0.4, 0.5) is 5.95 Å². The molecule has 152 valence electrons. The predicted molar refractivity (Wildman–Crippen MR) is 113 cm³/mol. The number of Topliss-reactive ketones (excluding diaryl/α,β-unsaturated/α-hetero) is 1. The summed E-state index contributed by atoms with van der Waals surface area (Å²) in [5, 5.41) is 16.8. The van der Waals surface area contributed by atoms with E-state index in [1.54, 1.807) is 17.3 Å². The smallest absolute Gasteiger partial charge is 0.231 e. The van der Waals surface area contributed by atoms with Crippen molar-refractivity contribution in [1.82, 2.24) is 20.2 Å². The summed E-state index contributed by atoms with van der Waals surface area (Å²) < 4.78 is 0. The van der Waals surface area contributed by atoms with Crippen LogP contribution in [0.3, 0.4) is 0 Å². The summed E-state index contributed by atoms with van der Waals surface area (Å²) in [6.07, 6.45) is 5.65. The van der Waals surface area contributed by atoms with Crippen LogP contribution in [0.15, 0.2) is 83.8 Å². The lowest BCUT2D eigenvalue weighted by Crippen LogP contribution is -2.40. The number of rotatable bonds is 3. The molecule has 3 heterocycles. The van der Waals surface area contributed by atoms with E-state index in [-0.39, 0.29) is 17.5 Å². The first-order valence-corrected chi connectivity index (χ1v) is 9.95. The van der Waals surface area contributed by atoms with Crippen molar-refractivity contribution < 1.29 is 4.79 Å². The van der Waals surface area contributed by atoms with Crippen LogP contribution in [0.5, 0.6) is 0 Å². The Hall–Kier alpha value is -4.25. The highest BCUT2D eigenvalue weighted by Gasteiger charge is 2.43. The zero-order valence-electron chi connectivity index (χ0n) is 16.6. The van der Waals surface area contributed by atoms with E-state index in [0.29, 0.717) is 29.9 Å². The molecule has 2 aliphatic rings. The molecule has 3 aromatic rings. The predicted octanol–water partition coefficient (Wildman–Crippen LogP) is 2.90. The second-order valence-electron chi connectivity index (χ2n) is 7.57. The zero-order chi connectivity index (χ0) is 21.4. The van der Waals surface area contributed by atoms with Gasteiger partial charge in [0.15, 0.2) is 5.78 Å². The third-order valence-electron chi connectivity index (χ3n) is 5.89. The van der Waals surface area contributed by atoms with Gasteiger partial charge in [0.1, 0.15) is 12.1 Å². The van der Waals surface area contributed by atoms with Gasteiger partial charge in [-0.25, -0.2) is 5.10 Å². The van der Waals surface area contributed by atoms with Crippen molar-refractivity contribution in [3.63, 3.8) is 0 Å². The number of hydrogen-bond acceptors (Lipinski definition) is 7. The van der Waals surface area contributed by atoms with Crippen molar-refractivity contribution in [2.75, 3.05) is 4.90 Å². The standard InChI is InChI=1S/C23H19N7O/c24-12-17-20(15-6-8-26-9-7-15)21-18(30(22(17)25)23-27-13-28-29-23)10-16(11-19(21)31)14-4-2-1-3-5-14/h1-9,13,16,20H,10-11,25H2,(H,27,28,29). The normalized spacial score (nSPS) is 21.1. The average molecular weight is 409 g/mol. The van der Waals surface area contributed by atoms with Crippen LogP contribution in [0.1, 0.15) is 35.8 Å². The van der Waals surface area contributed by atoms with Crippen LogP contribution in [0.2, 0.25) is 0 Å². The van der Waals surface area contributed by atoms with Gasteiger partial charge < -0.3 is 5.73 Å². The lowest BCUT2D eigenvalue weighted by atomic mass is 9.72. The molecular weight excluding hydrogens is 390 g/mol. The zero-order valence-corrected chi connectivity index (χ0v) is 16.6. The molecule has 0 saturated carbocycles. The SMILES string of the molecule is N#CC1=C(N)N(c2ncn[nH]2)C2=C(C(=O)CC(c3ccccc3)C2)C1c1ccncc1. The first-order valence-electron chi connectivity index (χ1n) is 9.95. The minimum Gasteiger partial charge on any atom is -0.384 e. The monoisotopic (exact) mass is 409 g/mol. The Labute approximate surface area is 178 Å². The van der Waals surface area contributed by atoms with Gasteiger partial charge in [-0.2, -0.15) is 15.3 Å². The molecule has 0 radical (unpaired) electrons. The fourth-order valence-corrected chi connectivity index (χ4v) is 4.53. The Morgan fingerprint density at radius 1 is 1.10 bits per heavy atom. The van der Waals surface area contributed by atoms with Crippen molar-refractivity contribution in [2.24, 2.45) is 5.73 Å². The Morgan fingerprint density at radius 2 is 1.87 bits per heavy atom. The minimum absolute atomic E-state index is 0.00156. The molecule has 3 N–H and O–H groups in total. The summed E-state index contributed by atoms with van der Waals surface area (Å²) in [6.45, 7) is 0. The molecule has 2 atom stereocenters. The lowest BCUT2D eigenvalue weighted by molar-refractivity contribution is -0.116. The number of benzene rings is 1. The van der Waals surface area contributed by atoms with E-state index < -0.39 is 5.92 Å². The molecule has 0 bridgehead atoms. The summed E-state index contributed by atoms with van der Waals surface area (Å²) in [5.41, 5.74) is 10.1. The molecule has 0 fully saturated rings. The van der Waals surface area contributed by atoms with E-state index in [1.807, 2.05) is 42.5 Å².